The maximum atomic E-state index is 5.62. The van der Waals surface area contributed by atoms with Crippen LogP contribution in [0.15, 0.2) is 4.99 Å². The van der Waals surface area contributed by atoms with Gasteiger partial charge in [0.25, 0.3) is 0 Å². The summed E-state index contributed by atoms with van der Waals surface area (Å²) in [6, 6.07) is 0.912. The molecule has 0 aromatic carbocycles. The lowest BCUT2D eigenvalue weighted by Gasteiger charge is -2.30. The SMILES string of the molecule is CCOCCC1(CNC(=NC)NCC2CCN(C3CC3)C2)CCCC1. The summed E-state index contributed by atoms with van der Waals surface area (Å²) in [7, 11) is 1.89. The van der Waals surface area contributed by atoms with Crippen molar-refractivity contribution in [1.82, 2.24) is 15.5 Å². The second kappa shape index (κ2) is 9.22. The van der Waals surface area contributed by atoms with Crippen molar-refractivity contribution < 1.29 is 4.74 Å². The fourth-order valence-electron chi connectivity index (χ4n) is 4.61. The van der Waals surface area contributed by atoms with Crippen molar-refractivity contribution >= 4 is 5.96 Å². The number of hydrogen-bond donors (Lipinski definition) is 2. The molecule has 5 heteroatoms. The van der Waals surface area contributed by atoms with Crippen molar-refractivity contribution in [1.29, 1.82) is 0 Å². The van der Waals surface area contributed by atoms with Gasteiger partial charge < -0.3 is 20.3 Å². The van der Waals surface area contributed by atoms with E-state index in [1.165, 1.54) is 64.5 Å². The van der Waals surface area contributed by atoms with Crippen molar-refractivity contribution in [2.45, 2.75) is 64.3 Å². The van der Waals surface area contributed by atoms with Crippen molar-refractivity contribution in [3.8, 4) is 0 Å². The zero-order valence-corrected chi connectivity index (χ0v) is 16.4. The molecular weight excluding hydrogens is 312 g/mol. The van der Waals surface area contributed by atoms with Crippen LogP contribution in [0.4, 0.5) is 0 Å². The number of aliphatic imine (C=N–C) groups is 1. The summed E-state index contributed by atoms with van der Waals surface area (Å²) < 4.78 is 5.62. The molecule has 1 heterocycles. The minimum Gasteiger partial charge on any atom is -0.382 e. The fourth-order valence-corrected chi connectivity index (χ4v) is 4.61. The average molecular weight is 351 g/mol. The number of likely N-dealkylation sites (tertiary alicyclic amines) is 1. The van der Waals surface area contributed by atoms with Crippen molar-refractivity contribution in [3.05, 3.63) is 0 Å². The molecule has 0 aromatic heterocycles. The molecular formula is C20H38N4O. The predicted molar refractivity (Wildman–Crippen MR) is 104 cm³/mol. The smallest absolute Gasteiger partial charge is 0.191 e. The molecule has 0 amide bonds. The Morgan fingerprint density at radius 2 is 2.00 bits per heavy atom. The van der Waals surface area contributed by atoms with Gasteiger partial charge in [-0.25, -0.2) is 0 Å². The lowest BCUT2D eigenvalue weighted by atomic mass is 9.83. The van der Waals surface area contributed by atoms with E-state index >= 15 is 0 Å². The van der Waals surface area contributed by atoms with Gasteiger partial charge in [-0.3, -0.25) is 4.99 Å². The fraction of sp³-hybridized carbons (Fsp3) is 0.950. The standard InChI is InChI=1S/C20H38N4O/c1-3-25-13-11-20(9-4-5-10-20)16-23-19(21-2)22-14-17-8-12-24(15-17)18-6-7-18/h17-18H,3-16H2,1-2H3,(H2,21,22,23). The molecule has 5 nitrogen and oxygen atoms in total. The number of guanidine groups is 1. The summed E-state index contributed by atoms with van der Waals surface area (Å²) in [6.45, 7) is 8.44. The van der Waals surface area contributed by atoms with E-state index < -0.39 is 0 Å². The molecule has 0 bridgehead atoms. The van der Waals surface area contributed by atoms with Crippen LogP contribution in [-0.4, -0.2) is 63.3 Å². The molecule has 0 aromatic rings. The van der Waals surface area contributed by atoms with E-state index in [4.69, 9.17) is 4.74 Å². The maximum absolute atomic E-state index is 5.62. The van der Waals surface area contributed by atoms with Crippen LogP contribution in [0.1, 0.15) is 58.3 Å². The second-order valence-electron chi connectivity index (χ2n) is 8.34. The van der Waals surface area contributed by atoms with E-state index in [0.29, 0.717) is 5.41 Å². The summed E-state index contributed by atoms with van der Waals surface area (Å²) >= 11 is 0. The number of hydrogen-bond acceptors (Lipinski definition) is 3. The third-order valence-electron chi connectivity index (χ3n) is 6.44. The maximum Gasteiger partial charge on any atom is 0.191 e. The van der Waals surface area contributed by atoms with Crippen LogP contribution in [0.5, 0.6) is 0 Å². The van der Waals surface area contributed by atoms with E-state index in [1.807, 2.05) is 7.05 Å². The third-order valence-corrected chi connectivity index (χ3v) is 6.44. The highest BCUT2D eigenvalue weighted by atomic mass is 16.5. The van der Waals surface area contributed by atoms with Crippen LogP contribution in [0, 0.1) is 11.3 Å². The Balaban J connectivity index is 1.39. The Kier molecular flexibility index (Phi) is 7.00. The van der Waals surface area contributed by atoms with Gasteiger partial charge in [-0.15, -0.1) is 0 Å². The first-order chi connectivity index (χ1) is 12.2. The van der Waals surface area contributed by atoms with E-state index in [0.717, 1.165) is 44.2 Å². The average Bonchev–Trinajstić information content (AvgIpc) is 3.18. The van der Waals surface area contributed by atoms with Gasteiger partial charge in [-0.1, -0.05) is 12.8 Å². The van der Waals surface area contributed by atoms with E-state index in [1.54, 1.807) is 0 Å². The lowest BCUT2D eigenvalue weighted by Crippen LogP contribution is -2.45. The van der Waals surface area contributed by atoms with Crippen LogP contribution in [0.2, 0.25) is 0 Å². The van der Waals surface area contributed by atoms with Gasteiger partial charge in [0, 0.05) is 45.9 Å². The Morgan fingerprint density at radius 1 is 1.20 bits per heavy atom. The minimum absolute atomic E-state index is 0.406. The van der Waals surface area contributed by atoms with Gasteiger partial charge in [-0.05, 0) is 63.3 Å². The van der Waals surface area contributed by atoms with Gasteiger partial charge in [0.2, 0.25) is 0 Å². The zero-order chi connectivity index (χ0) is 17.5. The van der Waals surface area contributed by atoms with E-state index in [9.17, 15) is 0 Å². The number of nitrogens with zero attached hydrogens (tertiary/aromatic N) is 2. The first kappa shape index (κ1) is 19.0. The first-order valence-electron chi connectivity index (χ1n) is 10.5. The lowest BCUT2D eigenvalue weighted by molar-refractivity contribution is 0.105. The van der Waals surface area contributed by atoms with Gasteiger partial charge >= 0.3 is 0 Å². The van der Waals surface area contributed by atoms with Crippen LogP contribution in [0.25, 0.3) is 0 Å². The molecule has 1 saturated heterocycles. The highest BCUT2D eigenvalue weighted by Crippen LogP contribution is 2.40. The van der Waals surface area contributed by atoms with Crippen molar-refractivity contribution in [2.24, 2.45) is 16.3 Å². The van der Waals surface area contributed by atoms with Crippen molar-refractivity contribution in [3.63, 3.8) is 0 Å². The molecule has 0 spiro atoms. The van der Waals surface area contributed by atoms with E-state index in [-0.39, 0.29) is 0 Å². The molecule has 3 rings (SSSR count). The van der Waals surface area contributed by atoms with Gasteiger partial charge in [-0.2, -0.15) is 0 Å². The summed E-state index contributed by atoms with van der Waals surface area (Å²) in [5.74, 6) is 1.75. The number of rotatable bonds is 9. The summed E-state index contributed by atoms with van der Waals surface area (Å²) in [5, 5.41) is 7.20. The Labute approximate surface area is 154 Å². The molecule has 2 saturated carbocycles. The quantitative estimate of drug-likeness (QED) is 0.381. The van der Waals surface area contributed by atoms with E-state index in [2.05, 4.69) is 27.4 Å². The normalized spacial score (nSPS) is 27.0. The Morgan fingerprint density at radius 3 is 2.68 bits per heavy atom. The molecule has 144 valence electrons. The van der Waals surface area contributed by atoms with Crippen molar-refractivity contribution in [2.75, 3.05) is 46.4 Å². The second-order valence-corrected chi connectivity index (χ2v) is 8.34. The molecule has 2 N–H and O–H groups in total. The summed E-state index contributed by atoms with van der Waals surface area (Å²) in [4.78, 5) is 7.14. The molecule has 1 unspecified atom stereocenters. The largest absolute Gasteiger partial charge is 0.382 e. The number of ether oxygens (including phenoxy) is 1. The summed E-state index contributed by atoms with van der Waals surface area (Å²) in [6.07, 6.45) is 10.7. The molecule has 0 radical (unpaired) electrons. The zero-order valence-electron chi connectivity index (χ0n) is 16.4. The van der Waals surface area contributed by atoms with Crippen LogP contribution >= 0.6 is 0 Å². The Bertz CT molecular complexity index is 429. The monoisotopic (exact) mass is 350 g/mol. The molecule has 3 fully saturated rings. The summed E-state index contributed by atoms with van der Waals surface area (Å²) in [5.41, 5.74) is 0.406. The predicted octanol–water partition coefficient (Wildman–Crippen LogP) is 2.62. The highest BCUT2D eigenvalue weighted by molar-refractivity contribution is 5.79. The number of nitrogens with one attached hydrogen (secondary N) is 2. The first-order valence-corrected chi connectivity index (χ1v) is 10.5. The topological polar surface area (TPSA) is 48.9 Å². The van der Waals surface area contributed by atoms with Gasteiger partial charge in [0.1, 0.15) is 0 Å². The van der Waals surface area contributed by atoms with Gasteiger partial charge in [0.15, 0.2) is 5.96 Å². The highest BCUT2D eigenvalue weighted by Gasteiger charge is 2.35. The molecule has 1 atom stereocenters. The molecule has 1 aliphatic heterocycles. The van der Waals surface area contributed by atoms with Crippen LogP contribution in [0.3, 0.4) is 0 Å². The van der Waals surface area contributed by atoms with Gasteiger partial charge in [0.05, 0.1) is 0 Å². The Hall–Kier alpha value is -0.810. The minimum atomic E-state index is 0.406. The molecule has 2 aliphatic carbocycles. The van der Waals surface area contributed by atoms with Crippen LogP contribution < -0.4 is 10.6 Å². The molecule has 25 heavy (non-hydrogen) atoms. The third kappa shape index (κ3) is 5.58. The van der Waals surface area contributed by atoms with Crippen LogP contribution in [-0.2, 0) is 4.74 Å². The molecule has 3 aliphatic rings.